The largest absolute Gasteiger partial charge is 0.481 e. The van der Waals surface area contributed by atoms with Crippen LogP contribution in [0.5, 0.6) is 0 Å². The molecule has 0 heterocycles. The average molecular weight is 271 g/mol. The van der Waals surface area contributed by atoms with Gasteiger partial charge in [-0.15, -0.1) is 0 Å². The smallest absolute Gasteiger partial charge is 0.315 e. The van der Waals surface area contributed by atoms with E-state index in [1.165, 1.54) is 0 Å². The van der Waals surface area contributed by atoms with Crippen LogP contribution in [-0.2, 0) is 4.79 Å². The SMILES string of the molecule is CN(C)CCCNC(=O)NC1CCCCC1C(=O)O. The van der Waals surface area contributed by atoms with Crippen LogP contribution in [0.3, 0.4) is 0 Å². The Kier molecular flexibility index (Phi) is 6.62. The van der Waals surface area contributed by atoms with E-state index in [1.54, 1.807) is 0 Å². The Morgan fingerprint density at radius 3 is 2.58 bits per heavy atom. The maximum atomic E-state index is 11.7. The minimum atomic E-state index is -0.808. The zero-order chi connectivity index (χ0) is 14.3. The Labute approximate surface area is 114 Å². The molecule has 19 heavy (non-hydrogen) atoms. The van der Waals surface area contributed by atoms with Crippen molar-refractivity contribution in [2.75, 3.05) is 27.2 Å². The first kappa shape index (κ1) is 15.8. The number of hydrogen-bond donors (Lipinski definition) is 3. The van der Waals surface area contributed by atoms with Gasteiger partial charge in [-0.2, -0.15) is 0 Å². The molecule has 2 atom stereocenters. The summed E-state index contributed by atoms with van der Waals surface area (Å²) in [4.78, 5) is 24.9. The van der Waals surface area contributed by atoms with Crippen molar-refractivity contribution in [3.05, 3.63) is 0 Å². The molecule has 0 saturated heterocycles. The number of carbonyl (C=O) groups excluding carboxylic acids is 1. The third kappa shape index (κ3) is 5.92. The van der Waals surface area contributed by atoms with Crippen molar-refractivity contribution in [2.45, 2.75) is 38.1 Å². The first-order valence-corrected chi connectivity index (χ1v) is 6.92. The van der Waals surface area contributed by atoms with Crippen molar-refractivity contribution in [3.63, 3.8) is 0 Å². The van der Waals surface area contributed by atoms with E-state index in [0.717, 1.165) is 32.2 Å². The van der Waals surface area contributed by atoms with Gasteiger partial charge in [-0.1, -0.05) is 12.8 Å². The normalized spacial score (nSPS) is 23.1. The number of urea groups is 1. The van der Waals surface area contributed by atoms with Crippen LogP contribution in [0, 0.1) is 5.92 Å². The Bertz CT molecular complexity index is 308. The van der Waals surface area contributed by atoms with Crippen LogP contribution < -0.4 is 10.6 Å². The van der Waals surface area contributed by atoms with Crippen LogP contribution in [0.15, 0.2) is 0 Å². The summed E-state index contributed by atoms with van der Waals surface area (Å²) in [7, 11) is 3.97. The lowest BCUT2D eigenvalue weighted by molar-refractivity contribution is -0.143. The zero-order valence-electron chi connectivity index (χ0n) is 11.8. The van der Waals surface area contributed by atoms with Crippen LogP contribution in [0.4, 0.5) is 4.79 Å². The Morgan fingerprint density at radius 2 is 1.95 bits per heavy atom. The number of carboxylic acids is 1. The number of amides is 2. The minimum absolute atomic E-state index is 0.236. The van der Waals surface area contributed by atoms with Crippen LogP contribution in [0.25, 0.3) is 0 Å². The average Bonchev–Trinajstić information content (AvgIpc) is 2.35. The minimum Gasteiger partial charge on any atom is -0.481 e. The van der Waals surface area contributed by atoms with E-state index in [-0.39, 0.29) is 12.1 Å². The first-order valence-electron chi connectivity index (χ1n) is 6.92. The van der Waals surface area contributed by atoms with E-state index in [4.69, 9.17) is 5.11 Å². The fraction of sp³-hybridized carbons (Fsp3) is 0.846. The molecule has 0 aliphatic heterocycles. The Morgan fingerprint density at radius 1 is 1.26 bits per heavy atom. The van der Waals surface area contributed by atoms with Gasteiger partial charge in [-0.25, -0.2) is 4.79 Å². The van der Waals surface area contributed by atoms with Crippen LogP contribution in [0.1, 0.15) is 32.1 Å². The molecule has 1 aliphatic rings. The first-order chi connectivity index (χ1) is 9.00. The van der Waals surface area contributed by atoms with Gasteiger partial charge in [-0.3, -0.25) is 4.79 Å². The van der Waals surface area contributed by atoms with Gasteiger partial charge >= 0.3 is 12.0 Å². The monoisotopic (exact) mass is 271 g/mol. The molecular formula is C13H25N3O3. The van der Waals surface area contributed by atoms with E-state index >= 15 is 0 Å². The highest BCUT2D eigenvalue weighted by Gasteiger charge is 2.31. The van der Waals surface area contributed by atoms with E-state index < -0.39 is 11.9 Å². The molecule has 0 aromatic carbocycles. The Hall–Kier alpha value is -1.30. The van der Waals surface area contributed by atoms with Crippen molar-refractivity contribution in [1.29, 1.82) is 0 Å². The number of rotatable bonds is 6. The van der Waals surface area contributed by atoms with Gasteiger partial charge in [0.15, 0.2) is 0 Å². The van der Waals surface area contributed by atoms with Gasteiger partial charge in [0.05, 0.1) is 5.92 Å². The van der Waals surface area contributed by atoms with Gasteiger partial charge in [0.1, 0.15) is 0 Å². The van der Waals surface area contributed by atoms with Crippen LogP contribution in [0.2, 0.25) is 0 Å². The molecule has 1 rings (SSSR count). The fourth-order valence-corrected chi connectivity index (χ4v) is 2.42. The predicted molar refractivity (Wildman–Crippen MR) is 73.1 cm³/mol. The van der Waals surface area contributed by atoms with Crippen molar-refractivity contribution in [2.24, 2.45) is 5.92 Å². The topological polar surface area (TPSA) is 81.7 Å². The summed E-state index contributed by atoms with van der Waals surface area (Å²) in [6.07, 6.45) is 4.20. The van der Waals surface area contributed by atoms with Crippen molar-refractivity contribution >= 4 is 12.0 Å². The summed E-state index contributed by atoms with van der Waals surface area (Å²) >= 11 is 0. The van der Waals surface area contributed by atoms with Crippen LogP contribution in [-0.4, -0.2) is 55.2 Å². The third-order valence-corrected chi connectivity index (χ3v) is 3.47. The van der Waals surface area contributed by atoms with Crippen molar-refractivity contribution in [3.8, 4) is 0 Å². The molecule has 6 heteroatoms. The molecular weight excluding hydrogens is 246 g/mol. The van der Waals surface area contributed by atoms with Crippen molar-refractivity contribution in [1.82, 2.24) is 15.5 Å². The second-order valence-corrected chi connectivity index (χ2v) is 5.39. The maximum Gasteiger partial charge on any atom is 0.315 e. The molecule has 110 valence electrons. The van der Waals surface area contributed by atoms with E-state index in [2.05, 4.69) is 15.5 Å². The van der Waals surface area contributed by atoms with Gasteiger partial charge in [0.25, 0.3) is 0 Å². The molecule has 1 aliphatic carbocycles. The number of carbonyl (C=O) groups is 2. The number of nitrogens with zero attached hydrogens (tertiary/aromatic N) is 1. The molecule has 1 saturated carbocycles. The summed E-state index contributed by atoms with van der Waals surface area (Å²) in [6, 6.07) is -0.489. The Balaban J connectivity index is 2.27. The molecule has 0 aromatic heterocycles. The third-order valence-electron chi connectivity index (χ3n) is 3.47. The molecule has 6 nitrogen and oxygen atoms in total. The summed E-state index contributed by atoms with van der Waals surface area (Å²) in [6.45, 7) is 1.52. The molecule has 2 amide bonds. The van der Waals surface area contributed by atoms with Gasteiger partial charge in [0, 0.05) is 12.6 Å². The quantitative estimate of drug-likeness (QED) is 0.626. The lowest BCUT2D eigenvalue weighted by Crippen LogP contribution is -2.49. The lowest BCUT2D eigenvalue weighted by atomic mass is 9.84. The van der Waals surface area contributed by atoms with E-state index in [0.29, 0.717) is 13.0 Å². The van der Waals surface area contributed by atoms with Gasteiger partial charge in [0.2, 0.25) is 0 Å². The summed E-state index contributed by atoms with van der Waals surface area (Å²) in [5, 5.41) is 14.7. The standard InChI is InChI=1S/C13H25N3O3/c1-16(2)9-5-8-14-13(19)15-11-7-4-3-6-10(11)12(17)18/h10-11H,3-9H2,1-2H3,(H,17,18)(H2,14,15,19). The summed E-state index contributed by atoms with van der Waals surface area (Å²) in [5.41, 5.74) is 0. The molecule has 0 aromatic rings. The molecule has 0 bridgehead atoms. The second-order valence-electron chi connectivity index (χ2n) is 5.39. The maximum absolute atomic E-state index is 11.7. The van der Waals surface area contributed by atoms with Gasteiger partial charge < -0.3 is 20.6 Å². The molecule has 0 spiro atoms. The highest BCUT2D eigenvalue weighted by atomic mass is 16.4. The number of hydrogen-bond acceptors (Lipinski definition) is 3. The highest BCUT2D eigenvalue weighted by Crippen LogP contribution is 2.24. The zero-order valence-corrected chi connectivity index (χ0v) is 11.8. The lowest BCUT2D eigenvalue weighted by Gasteiger charge is -2.29. The molecule has 2 unspecified atom stereocenters. The fourth-order valence-electron chi connectivity index (χ4n) is 2.42. The highest BCUT2D eigenvalue weighted by molar-refractivity contribution is 5.76. The van der Waals surface area contributed by atoms with Gasteiger partial charge in [-0.05, 0) is 39.9 Å². The molecule has 1 fully saturated rings. The number of aliphatic carboxylic acids is 1. The van der Waals surface area contributed by atoms with Crippen LogP contribution >= 0.6 is 0 Å². The van der Waals surface area contributed by atoms with Crippen molar-refractivity contribution < 1.29 is 14.7 Å². The predicted octanol–water partition coefficient (Wildman–Crippen LogP) is 0.881. The van der Waals surface area contributed by atoms with E-state index in [9.17, 15) is 9.59 Å². The number of carboxylic acid groups (broad SMARTS) is 1. The second kappa shape index (κ2) is 7.99. The van der Waals surface area contributed by atoms with E-state index in [1.807, 2.05) is 14.1 Å². The number of nitrogens with one attached hydrogen (secondary N) is 2. The molecule has 0 radical (unpaired) electrons. The summed E-state index contributed by atoms with van der Waals surface area (Å²) < 4.78 is 0. The molecule has 3 N–H and O–H groups in total. The summed E-state index contributed by atoms with van der Waals surface area (Å²) in [5.74, 6) is -1.25.